The lowest BCUT2D eigenvalue weighted by Gasteiger charge is -2.17. The molecule has 100 valence electrons. The zero-order valence-corrected chi connectivity index (χ0v) is 10.9. The highest BCUT2D eigenvalue weighted by molar-refractivity contribution is 6.29. The molecule has 3 unspecified atom stereocenters. The van der Waals surface area contributed by atoms with E-state index in [9.17, 15) is 10.2 Å². The van der Waals surface area contributed by atoms with Gasteiger partial charge in [0.05, 0.1) is 12.7 Å². The lowest BCUT2D eigenvalue weighted by atomic mass is 10.0. The zero-order chi connectivity index (χ0) is 13.3. The first-order valence-corrected chi connectivity index (χ1v) is 6.17. The summed E-state index contributed by atoms with van der Waals surface area (Å²) in [6, 6.07) is 1.57. The summed E-state index contributed by atoms with van der Waals surface area (Å²) in [4.78, 5) is 7.76. The Morgan fingerprint density at radius 1 is 1.67 bits per heavy atom. The van der Waals surface area contributed by atoms with Crippen molar-refractivity contribution in [1.29, 1.82) is 0 Å². The van der Waals surface area contributed by atoms with Crippen LogP contribution in [0.2, 0.25) is 5.15 Å². The summed E-state index contributed by atoms with van der Waals surface area (Å²) in [6.45, 7) is 2.29. The molecule has 1 saturated carbocycles. The van der Waals surface area contributed by atoms with Crippen LogP contribution in [0.25, 0.3) is 0 Å². The Hall–Kier alpha value is -1.11. The largest absolute Gasteiger partial charge is 0.396 e. The molecular weight excluding hydrogens is 256 g/mol. The van der Waals surface area contributed by atoms with Gasteiger partial charge < -0.3 is 21.3 Å². The highest BCUT2D eigenvalue weighted by Gasteiger charge is 2.55. The van der Waals surface area contributed by atoms with E-state index >= 15 is 0 Å². The quantitative estimate of drug-likeness (QED) is 0.582. The van der Waals surface area contributed by atoms with E-state index in [0.717, 1.165) is 6.42 Å². The Morgan fingerprint density at radius 2 is 2.39 bits per heavy atom. The van der Waals surface area contributed by atoms with Crippen LogP contribution in [0.3, 0.4) is 0 Å². The Kier molecular flexibility index (Phi) is 3.61. The van der Waals surface area contributed by atoms with E-state index < -0.39 is 6.10 Å². The maximum Gasteiger partial charge on any atom is 0.223 e. The van der Waals surface area contributed by atoms with Crippen molar-refractivity contribution in [3.63, 3.8) is 0 Å². The SMILES string of the molecule is CC(O)C1CC1(CO)CNc1cc(Cl)nc(N)n1. The van der Waals surface area contributed by atoms with Gasteiger partial charge in [-0.25, -0.2) is 4.98 Å². The molecule has 0 amide bonds. The third-order valence-corrected chi connectivity index (χ3v) is 3.68. The first-order valence-electron chi connectivity index (χ1n) is 5.80. The molecule has 0 aromatic carbocycles. The van der Waals surface area contributed by atoms with Crippen molar-refractivity contribution in [2.75, 3.05) is 24.2 Å². The van der Waals surface area contributed by atoms with Crippen molar-refractivity contribution < 1.29 is 10.2 Å². The summed E-state index contributed by atoms with van der Waals surface area (Å²) < 4.78 is 0. The maximum atomic E-state index is 9.54. The second-order valence-corrected chi connectivity index (χ2v) is 5.25. The fraction of sp³-hybridized carbons (Fsp3) is 0.636. The number of halogens is 1. The van der Waals surface area contributed by atoms with Crippen molar-refractivity contribution in [2.24, 2.45) is 11.3 Å². The number of anilines is 2. The molecule has 1 fully saturated rings. The van der Waals surface area contributed by atoms with Crippen molar-refractivity contribution in [2.45, 2.75) is 19.4 Å². The van der Waals surface area contributed by atoms with E-state index in [1.165, 1.54) is 0 Å². The molecule has 5 N–H and O–H groups in total. The molecule has 1 heterocycles. The van der Waals surface area contributed by atoms with Crippen LogP contribution in [-0.2, 0) is 0 Å². The molecule has 1 aliphatic carbocycles. The van der Waals surface area contributed by atoms with Gasteiger partial charge in [0.1, 0.15) is 11.0 Å². The highest BCUT2D eigenvalue weighted by atomic mass is 35.5. The average molecular weight is 273 g/mol. The fourth-order valence-corrected chi connectivity index (χ4v) is 2.48. The third-order valence-electron chi connectivity index (χ3n) is 3.48. The molecule has 2 rings (SSSR count). The number of hydrogen-bond acceptors (Lipinski definition) is 6. The third kappa shape index (κ3) is 2.66. The van der Waals surface area contributed by atoms with Gasteiger partial charge >= 0.3 is 0 Å². The van der Waals surface area contributed by atoms with Gasteiger partial charge in [0.25, 0.3) is 0 Å². The van der Waals surface area contributed by atoms with Crippen LogP contribution in [0.4, 0.5) is 11.8 Å². The van der Waals surface area contributed by atoms with E-state index in [1.807, 2.05) is 0 Å². The minimum absolute atomic E-state index is 0.0316. The van der Waals surface area contributed by atoms with E-state index in [0.29, 0.717) is 12.4 Å². The van der Waals surface area contributed by atoms with Crippen LogP contribution >= 0.6 is 11.6 Å². The van der Waals surface area contributed by atoms with Gasteiger partial charge in [-0.3, -0.25) is 0 Å². The monoisotopic (exact) mass is 272 g/mol. The Balaban J connectivity index is 1.99. The number of nitrogen functional groups attached to an aromatic ring is 1. The minimum Gasteiger partial charge on any atom is -0.396 e. The number of nitrogens with zero attached hydrogens (tertiary/aromatic N) is 2. The van der Waals surface area contributed by atoms with Gasteiger partial charge in [-0.1, -0.05) is 11.6 Å². The maximum absolute atomic E-state index is 9.54. The average Bonchev–Trinajstić information content (AvgIpc) is 3.01. The van der Waals surface area contributed by atoms with Gasteiger partial charge in [-0.15, -0.1) is 0 Å². The normalized spacial score (nSPS) is 27.9. The lowest BCUT2D eigenvalue weighted by Crippen LogP contribution is -2.25. The topological polar surface area (TPSA) is 104 Å². The molecule has 1 aromatic rings. The summed E-state index contributed by atoms with van der Waals surface area (Å²) in [5.41, 5.74) is 5.21. The van der Waals surface area contributed by atoms with Crippen LogP contribution in [0.1, 0.15) is 13.3 Å². The number of nitrogens with one attached hydrogen (secondary N) is 1. The van der Waals surface area contributed by atoms with Gasteiger partial charge in [-0.2, -0.15) is 4.98 Å². The lowest BCUT2D eigenvalue weighted by molar-refractivity contribution is 0.126. The first kappa shape index (κ1) is 13.3. The number of hydrogen-bond donors (Lipinski definition) is 4. The standard InChI is InChI=1S/C11H17ClN4O2/c1-6(18)7-3-11(7,5-17)4-14-9-2-8(12)15-10(13)16-9/h2,6-7,17-18H,3-5H2,1H3,(H3,13,14,15,16). The number of nitrogens with two attached hydrogens (primary N) is 1. The fourth-order valence-electron chi connectivity index (χ4n) is 2.29. The molecule has 0 saturated heterocycles. The first-order chi connectivity index (χ1) is 8.47. The Labute approximate surface area is 110 Å². The van der Waals surface area contributed by atoms with Crippen molar-refractivity contribution in [1.82, 2.24) is 9.97 Å². The molecule has 6 nitrogen and oxygen atoms in total. The summed E-state index contributed by atoms with van der Waals surface area (Å²) in [5.74, 6) is 0.743. The second-order valence-electron chi connectivity index (χ2n) is 4.86. The van der Waals surface area contributed by atoms with Gasteiger partial charge in [0.2, 0.25) is 5.95 Å². The summed E-state index contributed by atoms with van der Waals surface area (Å²) in [5, 5.41) is 22.3. The van der Waals surface area contributed by atoms with E-state index in [4.69, 9.17) is 17.3 Å². The van der Waals surface area contributed by atoms with Gasteiger partial charge in [0, 0.05) is 18.0 Å². The van der Waals surface area contributed by atoms with Crippen LogP contribution in [-0.4, -0.2) is 39.4 Å². The van der Waals surface area contributed by atoms with Crippen molar-refractivity contribution >= 4 is 23.4 Å². The molecule has 0 radical (unpaired) electrons. The molecule has 7 heteroatoms. The smallest absolute Gasteiger partial charge is 0.223 e. The molecule has 3 atom stereocenters. The molecule has 18 heavy (non-hydrogen) atoms. The second kappa shape index (κ2) is 4.87. The Morgan fingerprint density at radius 3 is 2.89 bits per heavy atom. The highest BCUT2D eigenvalue weighted by Crippen LogP contribution is 2.53. The number of aliphatic hydroxyl groups excluding tert-OH is 2. The van der Waals surface area contributed by atoms with Crippen LogP contribution in [0.15, 0.2) is 6.07 Å². The van der Waals surface area contributed by atoms with Gasteiger partial charge in [-0.05, 0) is 19.3 Å². The predicted molar refractivity (Wildman–Crippen MR) is 69.3 cm³/mol. The molecular formula is C11H17ClN4O2. The zero-order valence-electron chi connectivity index (χ0n) is 10.1. The van der Waals surface area contributed by atoms with E-state index in [2.05, 4.69) is 15.3 Å². The predicted octanol–water partition coefficient (Wildman–Crippen LogP) is 0.503. The van der Waals surface area contributed by atoms with Crippen LogP contribution in [0, 0.1) is 11.3 Å². The molecule has 0 spiro atoms. The molecule has 1 aliphatic rings. The number of aliphatic hydroxyl groups is 2. The summed E-state index contributed by atoms with van der Waals surface area (Å²) >= 11 is 5.77. The molecule has 1 aromatic heterocycles. The Bertz CT molecular complexity index is 423. The van der Waals surface area contributed by atoms with E-state index in [1.54, 1.807) is 13.0 Å². The van der Waals surface area contributed by atoms with Gasteiger partial charge in [0.15, 0.2) is 0 Å². The molecule has 0 aliphatic heterocycles. The summed E-state index contributed by atoms with van der Waals surface area (Å²) in [6.07, 6.45) is 0.376. The van der Waals surface area contributed by atoms with Crippen LogP contribution < -0.4 is 11.1 Å². The van der Waals surface area contributed by atoms with Crippen molar-refractivity contribution in [3.05, 3.63) is 11.2 Å². The number of aromatic nitrogens is 2. The minimum atomic E-state index is -0.419. The van der Waals surface area contributed by atoms with Crippen molar-refractivity contribution in [3.8, 4) is 0 Å². The van der Waals surface area contributed by atoms with Crippen LogP contribution in [0.5, 0.6) is 0 Å². The van der Waals surface area contributed by atoms with E-state index in [-0.39, 0.29) is 29.0 Å². The molecule has 0 bridgehead atoms. The summed E-state index contributed by atoms with van der Waals surface area (Å²) in [7, 11) is 0. The number of rotatable bonds is 5.